The minimum absolute atomic E-state index is 0.0826. The van der Waals surface area contributed by atoms with E-state index >= 15 is 0 Å². The van der Waals surface area contributed by atoms with Crippen molar-refractivity contribution < 1.29 is 14.3 Å². The van der Waals surface area contributed by atoms with Crippen molar-refractivity contribution in [2.45, 2.75) is 32.7 Å². The van der Waals surface area contributed by atoms with Crippen molar-refractivity contribution in [3.8, 4) is 0 Å². The van der Waals surface area contributed by atoms with Crippen molar-refractivity contribution in [2.75, 3.05) is 12.4 Å². The van der Waals surface area contributed by atoms with E-state index in [0.717, 1.165) is 34.4 Å². The molecular formula is C27H25NO3. The Hall–Kier alpha value is -3.40. The molecule has 5 rings (SSSR count). The molecule has 1 heterocycles. The molecule has 0 saturated heterocycles. The largest absolute Gasteiger partial charge is 0.465 e. The molecule has 156 valence electrons. The molecule has 3 aromatic carbocycles. The summed E-state index contributed by atoms with van der Waals surface area (Å²) >= 11 is 0. The second-order valence-electron chi connectivity index (χ2n) is 9.23. The third-order valence-corrected chi connectivity index (χ3v) is 6.40. The number of rotatable bonds is 2. The van der Waals surface area contributed by atoms with Crippen LogP contribution in [0.4, 0.5) is 5.69 Å². The van der Waals surface area contributed by atoms with Gasteiger partial charge in [-0.3, -0.25) is 4.79 Å². The zero-order valence-corrected chi connectivity index (χ0v) is 18.0. The fourth-order valence-electron chi connectivity index (χ4n) is 5.02. The molecule has 0 aromatic heterocycles. The highest BCUT2D eigenvalue weighted by molar-refractivity contribution is 6.12. The van der Waals surface area contributed by atoms with Gasteiger partial charge in [0.2, 0.25) is 0 Å². The van der Waals surface area contributed by atoms with Crippen molar-refractivity contribution in [1.29, 1.82) is 0 Å². The number of carbonyl (C=O) groups is 2. The Morgan fingerprint density at radius 2 is 1.74 bits per heavy atom. The lowest BCUT2D eigenvalue weighted by Crippen LogP contribution is -2.33. The number of allylic oxidation sites excluding steroid dienone is 1. The van der Waals surface area contributed by atoms with E-state index in [4.69, 9.17) is 4.74 Å². The molecule has 0 bridgehead atoms. The predicted molar refractivity (Wildman–Crippen MR) is 123 cm³/mol. The van der Waals surface area contributed by atoms with Crippen molar-refractivity contribution in [3.05, 3.63) is 82.9 Å². The lowest BCUT2D eigenvalue weighted by Gasteiger charge is -2.40. The number of hydrogen-bond donors (Lipinski definition) is 1. The minimum atomic E-state index is -0.365. The van der Waals surface area contributed by atoms with E-state index in [1.807, 2.05) is 18.2 Å². The number of ether oxygens (including phenoxy) is 1. The number of ketones is 1. The van der Waals surface area contributed by atoms with Gasteiger partial charge in [0.15, 0.2) is 5.78 Å². The first-order valence-electron chi connectivity index (χ1n) is 10.6. The quantitative estimate of drug-likeness (QED) is 0.531. The molecule has 31 heavy (non-hydrogen) atoms. The number of methoxy groups -OCH3 is 1. The van der Waals surface area contributed by atoms with Crippen LogP contribution in [0.1, 0.15) is 54.2 Å². The molecular weight excluding hydrogens is 386 g/mol. The first kappa shape index (κ1) is 19.6. The van der Waals surface area contributed by atoms with Crippen LogP contribution in [0.3, 0.4) is 0 Å². The number of esters is 1. The number of anilines is 1. The van der Waals surface area contributed by atoms with Crippen LogP contribution in [0.5, 0.6) is 0 Å². The molecule has 3 aromatic rings. The van der Waals surface area contributed by atoms with Gasteiger partial charge in [-0.1, -0.05) is 56.3 Å². The molecule has 0 amide bonds. The summed E-state index contributed by atoms with van der Waals surface area (Å²) in [7, 11) is 1.37. The second-order valence-corrected chi connectivity index (χ2v) is 9.23. The van der Waals surface area contributed by atoms with Crippen LogP contribution >= 0.6 is 0 Å². The normalized spacial score (nSPS) is 19.5. The summed E-state index contributed by atoms with van der Waals surface area (Å²) in [6.07, 6.45) is 1.39. The molecule has 1 unspecified atom stereocenters. The maximum Gasteiger partial charge on any atom is 0.337 e. The fourth-order valence-corrected chi connectivity index (χ4v) is 5.02. The Morgan fingerprint density at radius 1 is 1.00 bits per heavy atom. The maximum atomic E-state index is 13.4. The smallest absolute Gasteiger partial charge is 0.337 e. The van der Waals surface area contributed by atoms with Crippen LogP contribution in [-0.4, -0.2) is 18.9 Å². The summed E-state index contributed by atoms with van der Waals surface area (Å²) in [5, 5.41) is 5.97. The van der Waals surface area contributed by atoms with E-state index in [1.54, 1.807) is 12.1 Å². The molecule has 1 aliphatic heterocycles. The topological polar surface area (TPSA) is 55.4 Å². The predicted octanol–water partition coefficient (Wildman–Crippen LogP) is 5.94. The average molecular weight is 412 g/mol. The van der Waals surface area contributed by atoms with E-state index < -0.39 is 0 Å². The van der Waals surface area contributed by atoms with Gasteiger partial charge in [-0.2, -0.15) is 0 Å². The lowest BCUT2D eigenvalue weighted by atomic mass is 9.68. The highest BCUT2D eigenvalue weighted by atomic mass is 16.5. The second kappa shape index (κ2) is 7.09. The number of hydrogen-bond acceptors (Lipinski definition) is 4. The monoisotopic (exact) mass is 411 g/mol. The van der Waals surface area contributed by atoms with Crippen molar-refractivity contribution in [3.63, 3.8) is 0 Å². The van der Waals surface area contributed by atoms with E-state index in [9.17, 15) is 9.59 Å². The van der Waals surface area contributed by atoms with Gasteiger partial charge in [-0.25, -0.2) is 4.79 Å². The Labute approximate surface area is 181 Å². The van der Waals surface area contributed by atoms with Crippen LogP contribution in [-0.2, 0) is 9.53 Å². The maximum absolute atomic E-state index is 13.4. The highest BCUT2D eigenvalue weighted by Gasteiger charge is 2.40. The fraction of sp³-hybridized carbons (Fsp3) is 0.259. The number of benzene rings is 3. The van der Waals surface area contributed by atoms with Crippen LogP contribution < -0.4 is 5.32 Å². The van der Waals surface area contributed by atoms with Gasteiger partial charge in [-0.15, -0.1) is 0 Å². The van der Waals surface area contributed by atoms with Gasteiger partial charge < -0.3 is 10.1 Å². The van der Waals surface area contributed by atoms with Crippen molar-refractivity contribution in [1.82, 2.24) is 0 Å². The van der Waals surface area contributed by atoms with E-state index in [2.05, 4.69) is 49.5 Å². The van der Waals surface area contributed by atoms with Crippen LogP contribution in [0.25, 0.3) is 16.3 Å². The van der Waals surface area contributed by atoms with Crippen LogP contribution in [0.15, 0.2) is 66.2 Å². The van der Waals surface area contributed by atoms with E-state index in [0.29, 0.717) is 12.0 Å². The van der Waals surface area contributed by atoms with Crippen LogP contribution in [0.2, 0.25) is 0 Å². The zero-order valence-electron chi connectivity index (χ0n) is 18.0. The highest BCUT2D eigenvalue weighted by Crippen LogP contribution is 2.51. The molecule has 0 radical (unpaired) electrons. The zero-order chi connectivity index (χ0) is 21.8. The Balaban J connectivity index is 1.71. The average Bonchev–Trinajstić information content (AvgIpc) is 2.76. The SMILES string of the molecule is COC(=O)c1ccc(C2Nc3ccc4ccccc4c3C3=C2C(=O)CC(C)(C)C3)cc1. The first-order chi connectivity index (χ1) is 14.9. The molecule has 0 saturated carbocycles. The number of fused-ring (bicyclic) bond motifs is 4. The van der Waals surface area contributed by atoms with Crippen molar-refractivity contribution >= 4 is 33.8 Å². The number of nitrogens with one attached hydrogen (secondary N) is 1. The lowest BCUT2D eigenvalue weighted by molar-refractivity contribution is -0.118. The number of Topliss-reactive ketones (excluding diaryl/α,β-unsaturated/α-hetero) is 1. The molecule has 4 nitrogen and oxygen atoms in total. The summed E-state index contributed by atoms with van der Waals surface area (Å²) in [5.74, 6) is -0.172. The minimum Gasteiger partial charge on any atom is -0.465 e. The molecule has 1 N–H and O–H groups in total. The molecule has 1 aliphatic carbocycles. The summed E-state index contributed by atoms with van der Waals surface area (Å²) in [4.78, 5) is 25.3. The molecule has 4 heteroatoms. The van der Waals surface area contributed by atoms with Crippen LogP contribution in [0, 0.1) is 5.41 Å². The van der Waals surface area contributed by atoms with Gasteiger partial charge in [0.1, 0.15) is 0 Å². The van der Waals surface area contributed by atoms with E-state index in [-0.39, 0.29) is 23.2 Å². The first-order valence-corrected chi connectivity index (χ1v) is 10.6. The molecule has 0 spiro atoms. The number of carbonyl (C=O) groups excluding carboxylic acids is 2. The summed E-state index contributed by atoms with van der Waals surface area (Å²) in [6.45, 7) is 4.34. The summed E-state index contributed by atoms with van der Waals surface area (Å²) in [6, 6.07) is 19.7. The third-order valence-electron chi connectivity index (χ3n) is 6.40. The van der Waals surface area contributed by atoms with E-state index in [1.165, 1.54) is 17.9 Å². The van der Waals surface area contributed by atoms with Crippen molar-refractivity contribution in [2.24, 2.45) is 5.41 Å². The summed E-state index contributed by atoms with van der Waals surface area (Å²) < 4.78 is 4.82. The van der Waals surface area contributed by atoms with Gasteiger partial charge in [0, 0.05) is 23.2 Å². The Kier molecular flexibility index (Phi) is 4.47. The molecule has 2 aliphatic rings. The molecule has 0 fully saturated rings. The van der Waals surface area contributed by atoms with Gasteiger partial charge in [0.25, 0.3) is 0 Å². The van der Waals surface area contributed by atoms with Gasteiger partial charge in [0.05, 0.1) is 18.7 Å². The molecule has 1 atom stereocenters. The van der Waals surface area contributed by atoms with Gasteiger partial charge >= 0.3 is 5.97 Å². The third kappa shape index (κ3) is 3.23. The van der Waals surface area contributed by atoms with Gasteiger partial charge in [-0.05, 0) is 51.9 Å². The Morgan fingerprint density at radius 3 is 2.48 bits per heavy atom. The Bertz CT molecular complexity index is 1250. The standard InChI is InChI=1S/C27H25NO3/c1-27(2)14-20-23-19-7-5-4-6-16(19)12-13-21(23)28-25(24(20)22(29)15-27)17-8-10-18(11-9-17)26(30)31-3/h4-13,25,28H,14-15H2,1-3H3. The summed E-state index contributed by atoms with van der Waals surface area (Å²) in [5.41, 5.74) is 5.58.